The van der Waals surface area contributed by atoms with Crippen molar-refractivity contribution in [2.75, 3.05) is 18.4 Å². The number of primary amides is 1. The van der Waals surface area contributed by atoms with Gasteiger partial charge in [-0.05, 0) is 37.2 Å². The number of rotatable bonds is 5. The lowest BCUT2D eigenvalue weighted by Crippen LogP contribution is -2.48. The van der Waals surface area contributed by atoms with E-state index < -0.39 is 5.91 Å². The number of amides is 2. The van der Waals surface area contributed by atoms with Gasteiger partial charge in [-0.25, -0.2) is 4.68 Å². The van der Waals surface area contributed by atoms with E-state index in [1.807, 2.05) is 31.2 Å². The molecule has 7 heteroatoms. The first-order chi connectivity index (χ1) is 11.1. The Labute approximate surface area is 133 Å². The van der Waals surface area contributed by atoms with Gasteiger partial charge in [-0.1, -0.05) is 19.1 Å². The van der Waals surface area contributed by atoms with Crippen molar-refractivity contribution < 1.29 is 9.59 Å². The summed E-state index contributed by atoms with van der Waals surface area (Å²) in [6.07, 6.45) is 1.64. The summed E-state index contributed by atoms with van der Waals surface area (Å²) < 4.78 is 1.53. The minimum absolute atomic E-state index is 0.0220. The van der Waals surface area contributed by atoms with E-state index in [4.69, 9.17) is 5.73 Å². The van der Waals surface area contributed by atoms with Crippen molar-refractivity contribution in [3.63, 3.8) is 0 Å². The van der Waals surface area contributed by atoms with Crippen LogP contribution < -0.4 is 16.4 Å². The van der Waals surface area contributed by atoms with Crippen molar-refractivity contribution in [2.24, 2.45) is 17.6 Å². The average molecular weight is 313 g/mol. The summed E-state index contributed by atoms with van der Waals surface area (Å²) in [6, 6.07) is 8.86. The molecular formula is C16H19N5O2. The minimum atomic E-state index is -0.587. The van der Waals surface area contributed by atoms with E-state index in [1.54, 1.807) is 12.3 Å². The zero-order chi connectivity index (χ0) is 16.4. The number of nitrogens with zero attached hydrogens (tertiary/aromatic N) is 2. The number of para-hydroxylation sites is 2. The van der Waals surface area contributed by atoms with Crippen LogP contribution in [0.15, 0.2) is 36.5 Å². The molecule has 1 aromatic carbocycles. The first-order valence-electron chi connectivity index (χ1n) is 7.52. The maximum Gasteiger partial charge on any atom is 0.269 e. The van der Waals surface area contributed by atoms with Gasteiger partial charge in [0.2, 0.25) is 5.91 Å². The van der Waals surface area contributed by atoms with Crippen LogP contribution in [-0.2, 0) is 4.79 Å². The molecule has 3 rings (SSSR count). The third-order valence-electron chi connectivity index (χ3n) is 4.18. The number of nitrogens with one attached hydrogen (secondary N) is 2. The molecule has 2 heterocycles. The molecule has 0 saturated carbocycles. The minimum Gasteiger partial charge on any atom is -0.364 e. The van der Waals surface area contributed by atoms with Gasteiger partial charge in [0, 0.05) is 12.1 Å². The standard InChI is InChI=1S/C16H19N5O2/c1-10(11-8-18-9-11)16(23)19-12-4-2-3-5-14(12)21-7-6-13(20-21)15(17)22/h2-7,10-11,18H,8-9H2,1H3,(H2,17,22)(H,19,23). The van der Waals surface area contributed by atoms with E-state index >= 15 is 0 Å². The molecular weight excluding hydrogens is 294 g/mol. The molecule has 2 amide bonds. The average Bonchev–Trinajstić information content (AvgIpc) is 2.95. The third kappa shape index (κ3) is 3.09. The summed E-state index contributed by atoms with van der Waals surface area (Å²) in [7, 11) is 0. The monoisotopic (exact) mass is 313 g/mol. The SMILES string of the molecule is CC(C(=O)Nc1ccccc1-n1ccc(C(N)=O)n1)C1CNC1. The Kier molecular flexibility index (Phi) is 4.12. The van der Waals surface area contributed by atoms with Crippen molar-refractivity contribution in [3.8, 4) is 5.69 Å². The Morgan fingerprint density at radius 1 is 1.35 bits per heavy atom. The number of nitrogens with two attached hydrogens (primary N) is 1. The van der Waals surface area contributed by atoms with Crippen LogP contribution in [0.5, 0.6) is 0 Å². The molecule has 0 aliphatic carbocycles. The second-order valence-corrected chi connectivity index (χ2v) is 5.72. The van der Waals surface area contributed by atoms with Gasteiger partial charge in [-0.3, -0.25) is 9.59 Å². The molecule has 1 fully saturated rings. The second kappa shape index (κ2) is 6.21. The summed E-state index contributed by atoms with van der Waals surface area (Å²) in [4.78, 5) is 23.6. The van der Waals surface area contributed by atoms with Gasteiger partial charge >= 0.3 is 0 Å². The Morgan fingerprint density at radius 2 is 2.09 bits per heavy atom. The van der Waals surface area contributed by atoms with Crippen LogP contribution in [0.4, 0.5) is 5.69 Å². The van der Waals surface area contributed by atoms with Gasteiger partial charge in [0.1, 0.15) is 5.69 Å². The Balaban J connectivity index is 1.82. The Hall–Kier alpha value is -2.67. The lowest BCUT2D eigenvalue weighted by atomic mass is 9.88. The Bertz CT molecular complexity index is 736. The molecule has 4 N–H and O–H groups in total. The molecule has 1 aromatic heterocycles. The Morgan fingerprint density at radius 3 is 2.70 bits per heavy atom. The highest BCUT2D eigenvalue weighted by atomic mass is 16.2. The number of aromatic nitrogens is 2. The number of carbonyl (C=O) groups is 2. The summed E-state index contributed by atoms with van der Waals surface area (Å²) in [6.45, 7) is 3.68. The topological polar surface area (TPSA) is 102 Å². The van der Waals surface area contributed by atoms with E-state index in [9.17, 15) is 9.59 Å². The van der Waals surface area contributed by atoms with Crippen molar-refractivity contribution >= 4 is 17.5 Å². The smallest absolute Gasteiger partial charge is 0.269 e. The van der Waals surface area contributed by atoms with E-state index in [0.29, 0.717) is 17.3 Å². The molecule has 23 heavy (non-hydrogen) atoms. The molecule has 1 unspecified atom stereocenters. The molecule has 0 spiro atoms. The van der Waals surface area contributed by atoms with Gasteiger partial charge in [0.05, 0.1) is 11.4 Å². The van der Waals surface area contributed by atoms with E-state index in [0.717, 1.165) is 13.1 Å². The fourth-order valence-electron chi connectivity index (χ4n) is 2.49. The highest BCUT2D eigenvalue weighted by molar-refractivity contribution is 5.94. The summed E-state index contributed by atoms with van der Waals surface area (Å²) in [5.74, 6) is -0.306. The van der Waals surface area contributed by atoms with Crippen LogP contribution in [0, 0.1) is 11.8 Å². The number of hydrogen-bond acceptors (Lipinski definition) is 4. The predicted octanol–water partition coefficient (Wildman–Crippen LogP) is 0.765. The van der Waals surface area contributed by atoms with Crippen LogP contribution in [0.2, 0.25) is 0 Å². The predicted molar refractivity (Wildman–Crippen MR) is 86.2 cm³/mol. The molecule has 1 aliphatic heterocycles. The van der Waals surface area contributed by atoms with Crippen LogP contribution in [0.1, 0.15) is 17.4 Å². The molecule has 1 saturated heterocycles. The van der Waals surface area contributed by atoms with E-state index in [-0.39, 0.29) is 17.5 Å². The highest BCUT2D eigenvalue weighted by Gasteiger charge is 2.29. The molecule has 1 atom stereocenters. The van der Waals surface area contributed by atoms with Crippen LogP contribution in [-0.4, -0.2) is 34.7 Å². The van der Waals surface area contributed by atoms with Gasteiger partial charge in [-0.2, -0.15) is 5.10 Å². The van der Waals surface area contributed by atoms with Gasteiger partial charge in [-0.15, -0.1) is 0 Å². The van der Waals surface area contributed by atoms with Crippen molar-refractivity contribution in [1.29, 1.82) is 0 Å². The molecule has 7 nitrogen and oxygen atoms in total. The summed E-state index contributed by atoms with van der Waals surface area (Å²) >= 11 is 0. The lowest BCUT2D eigenvalue weighted by Gasteiger charge is -2.31. The zero-order valence-corrected chi connectivity index (χ0v) is 12.8. The second-order valence-electron chi connectivity index (χ2n) is 5.72. The van der Waals surface area contributed by atoms with E-state index in [1.165, 1.54) is 4.68 Å². The molecule has 120 valence electrons. The maximum atomic E-state index is 12.4. The summed E-state index contributed by atoms with van der Waals surface area (Å²) in [5.41, 5.74) is 6.75. The molecule has 2 aromatic rings. The van der Waals surface area contributed by atoms with Crippen LogP contribution >= 0.6 is 0 Å². The van der Waals surface area contributed by atoms with Crippen LogP contribution in [0.3, 0.4) is 0 Å². The van der Waals surface area contributed by atoms with Crippen molar-refractivity contribution in [3.05, 3.63) is 42.2 Å². The third-order valence-corrected chi connectivity index (χ3v) is 4.18. The number of benzene rings is 1. The largest absolute Gasteiger partial charge is 0.364 e. The normalized spacial score (nSPS) is 15.7. The quantitative estimate of drug-likeness (QED) is 0.758. The molecule has 0 radical (unpaired) electrons. The summed E-state index contributed by atoms with van der Waals surface area (Å²) in [5, 5.41) is 10.3. The fraction of sp³-hybridized carbons (Fsp3) is 0.312. The lowest BCUT2D eigenvalue weighted by molar-refractivity contribution is -0.121. The van der Waals surface area contributed by atoms with Crippen molar-refractivity contribution in [1.82, 2.24) is 15.1 Å². The molecule has 0 bridgehead atoms. The van der Waals surface area contributed by atoms with Gasteiger partial charge in [0.15, 0.2) is 0 Å². The number of carbonyl (C=O) groups excluding carboxylic acids is 2. The van der Waals surface area contributed by atoms with Crippen LogP contribution in [0.25, 0.3) is 5.69 Å². The number of anilines is 1. The van der Waals surface area contributed by atoms with Crippen molar-refractivity contribution in [2.45, 2.75) is 6.92 Å². The first-order valence-corrected chi connectivity index (χ1v) is 7.52. The highest BCUT2D eigenvalue weighted by Crippen LogP contribution is 2.23. The van der Waals surface area contributed by atoms with E-state index in [2.05, 4.69) is 15.7 Å². The maximum absolute atomic E-state index is 12.4. The zero-order valence-electron chi connectivity index (χ0n) is 12.8. The van der Waals surface area contributed by atoms with Gasteiger partial charge in [0.25, 0.3) is 5.91 Å². The first kappa shape index (κ1) is 15.2. The number of hydrogen-bond donors (Lipinski definition) is 3. The van der Waals surface area contributed by atoms with Gasteiger partial charge < -0.3 is 16.4 Å². The molecule has 1 aliphatic rings. The fourth-order valence-corrected chi connectivity index (χ4v) is 2.49.